The first-order valence-electron chi connectivity index (χ1n) is 6.88. The minimum Gasteiger partial charge on any atom is -0.328 e. The average molecular weight is 230 g/mol. The SMILES string of the molecule is NC1CC2CCCC(C1)N2Cc1ccccc1. The van der Waals surface area contributed by atoms with Gasteiger partial charge in [-0.2, -0.15) is 0 Å². The molecule has 0 amide bonds. The molecular formula is C15H22N2. The van der Waals surface area contributed by atoms with Gasteiger partial charge in [-0.1, -0.05) is 36.8 Å². The van der Waals surface area contributed by atoms with Gasteiger partial charge in [-0.25, -0.2) is 0 Å². The van der Waals surface area contributed by atoms with Gasteiger partial charge >= 0.3 is 0 Å². The predicted octanol–water partition coefficient (Wildman–Crippen LogP) is 2.53. The second-order valence-corrected chi connectivity index (χ2v) is 5.63. The van der Waals surface area contributed by atoms with Crippen molar-refractivity contribution in [3.05, 3.63) is 35.9 Å². The lowest BCUT2D eigenvalue weighted by molar-refractivity contribution is 0.0245. The molecule has 92 valence electrons. The fraction of sp³-hybridized carbons (Fsp3) is 0.600. The third-order valence-corrected chi connectivity index (χ3v) is 4.37. The number of rotatable bonds is 2. The molecule has 2 aliphatic heterocycles. The van der Waals surface area contributed by atoms with Gasteiger partial charge in [-0.05, 0) is 31.2 Å². The van der Waals surface area contributed by atoms with E-state index in [0.29, 0.717) is 6.04 Å². The smallest absolute Gasteiger partial charge is 0.0239 e. The Kier molecular flexibility index (Phi) is 3.17. The van der Waals surface area contributed by atoms with Crippen molar-refractivity contribution < 1.29 is 0 Å². The first kappa shape index (κ1) is 11.2. The average Bonchev–Trinajstić information content (AvgIpc) is 2.32. The van der Waals surface area contributed by atoms with Crippen LogP contribution < -0.4 is 5.73 Å². The van der Waals surface area contributed by atoms with Crippen LogP contribution in [0.15, 0.2) is 30.3 Å². The first-order chi connectivity index (χ1) is 8.33. The first-order valence-corrected chi connectivity index (χ1v) is 6.88. The van der Waals surface area contributed by atoms with Crippen LogP contribution in [0.5, 0.6) is 0 Å². The van der Waals surface area contributed by atoms with Crippen LogP contribution in [0.25, 0.3) is 0 Å². The largest absolute Gasteiger partial charge is 0.328 e. The molecule has 1 aromatic carbocycles. The summed E-state index contributed by atoms with van der Waals surface area (Å²) in [5, 5.41) is 0. The van der Waals surface area contributed by atoms with Gasteiger partial charge in [0.15, 0.2) is 0 Å². The van der Waals surface area contributed by atoms with Crippen LogP contribution in [0.1, 0.15) is 37.7 Å². The number of fused-ring (bicyclic) bond motifs is 2. The van der Waals surface area contributed by atoms with E-state index in [1.807, 2.05) is 0 Å². The Morgan fingerprint density at radius 3 is 2.35 bits per heavy atom. The zero-order chi connectivity index (χ0) is 11.7. The molecule has 0 saturated carbocycles. The van der Waals surface area contributed by atoms with Crippen LogP contribution in [0.4, 0.5) is 0 Å². The van der Waals surface area contributed by atoms with Crippen LogP contribution in [0, 0.1) is 0 Å². The molecular weight excluding hydrogens is 208 g/mol. The van der Waals surface area contributed by atoms with Gasteiger partial charge in [0.1, 0.15) is 0 Å². The summed E-state index contributed by atoms with van der Waals surface area (Å²) in [4.78, 5) is 2.71. The van der Waals surface area contributed by atoms with E-state index in [1.54, 1.807) is 0 Å². The van der Waals surface area contributed by atoms with E-state index in [2.05, 4.69) is 35.2 Å². The summed E-state index contributed by atoms with van der Waals surface area (Å²) in [6.45, 7) is 1.11. The maximum absolute atomic E-state index is 6.15. The zero-order valence-electron chi connectivity index (χ0n) is 10.4. The maximum atomic E-state index is 6.15. The Hall–Kier alpha value is -0.860. The van der Waals surface area contributed by atoms with E-state index in [9.17, 15) is 0 Å². The van der Waals surface area contributed by atoms with Crippen molar-refractivity contribution in [2.45, 2.75) is 56.8 Å². The molecule has 2 heteroatoms. The highest BCUT2D eigenvalue weighted by Crippen LogP contribution is 2.34. The van der Waals surface area contributed by atoms with Crippen molar-refractivity contribution in [1.29, 1.82) is 0 Å². The molecule has 2 unspecified atom stereocenters. The predicted molar refractivity (Wildman–Crippen MR) is 70.6 cm³/mol. The normalized spacial score (nSPS) is 33.6. The second kappa shape index (κ2) is 4.79. The molecule has 0 spiro atoms. The molecule has 2 nitrogen and oxygen atoms in total. The van der Waals surface area contributed by atoms with Crippen LogP contribution in [-0.4, -0.2) is 23.0 Å². The summed E-state index contributed by atoms with van der Waals surface area (Å²) in [6, 6.07) is 12.8. The lowest BCUT2D eigenvalue weighted by Crippen LogP contribution is -2.54. The molecule has 0 radical (unpaired) electrons. The van der Waals surface area contributed by atoms with Gasteiger partial charge < -0.3 is 5.73 Å². The fourth-order valence-corrected chi connectivity index (χ4v) is 3.57. The topological polar surface area (TPSA) is 29.3 Å². The van der Waals surface area contributed by atoms with Crippen molar-refractivity contribution in [2.24, 2.45) is 5.73 Å². The molecule has 2 heterocycles. The van der Waals surface area contributed by atoms with Crippen molar-refractivity contribution >= 4 is 0 Å². The lowest BCUT2D eigenvalue weighted by Gasteiger charge is -2.48. The fourth-order valence-electron chi connectivity index (χ4n) is 3.57. The van der Waals surface area contributed by atoms with Crippen LogP contribution in [0.3, 0.4) is 0 Å². The van der Waals surface area contributed by atoms with Gasteiger partial charge in [-0.15, -0.1) is 0 Å². The number of hydrogen-bond acceptors (Lipinski definition) is 2. The summed E-state index contributed by atoms with van der Waals surface area (Å²) in [5.74, 6) is 0. The minimum atomic E-state index is 0.442. The highest BCUT2D eigenvalue weighted by atomic mass is 15.2. The van der Waals surface area contributed by atoms with E-state index >= 15 is 0 Å². The molecule has 1 aromatic rings. The lowest BCUT2D eigenvalue weighted by atomic mass is 9.82. The van der Waals surface area contributed by atoms with E-state index in [0.717, 1.165) is 18.6 Å². The number of hydrogen-bond donors (Lipinski definition) is 1. The molecule has 2 saturated heterocycles. The van der Waals surface area contributed by atoms with E-state index in [1.165, 1.54) is 37.7 Å². The van der Waals surface area contributed by atoms with Gasteiger partial charge in [0, 0.05) is 24.7 Å². The van der Waals surface area contributed by atoms with Crippen LogP contribution >= 0.6 is 0 Å². The van der Waals surface area contributed by atoms with E-state index < -0.39 is 0 Å². The Morgan fingerprint density at radius 2 is 1.71 bits per heavy atom. The Labute approximate surface area is 104 Å². The van der Waals surface area contributed by atoms with Gasteiger partial charge in [0.2, 0.25) is 0 Å². The third-order valence-electron chi connectivity index (χ3n) is 4.37. The van der Waals surface area contributed by atoms with Crippen molar-refractivity contribution in [3.63, 3.8) is 0 Å². The van der Waals surface area contributed by atoms with Crippen LogP contribution in [-0.2, 0) is 6.54 Å². The number of benzene rings is 1. The Balaban J connectivity index is 1.74. The summed E-state index contributed by atoms with van der Waals surface area (Å²) < 4.78 is 0. The molecule has 2 bridgehead atoms. The Morgan fingerprint density at radius 1 is 1.06 bits per heavy atom. The number of nitrogens with zero attached hydrogens (tertiary/aromatic N) is 1. The standard InChI is InChI=1S/C15H22N2/c16-13-9-14-7-4-8-15(10-13)17(14)11-12-5-2-1-3-6-12/h1-3,5-6,13-15H,4,7-11,16H2. The molecule has 2 atom stereocenters. The maximum Gasteiger partial charge on any atom is 0.0239 e. The van der Waals surface area contributed by atoms with Crippen molar-refractivity contribution in [2.75, 3.05) is 0 Å². The number of piperidine rings is 2. The molecule has 2 aliphatic rings. The molecule has 2 fully saturated rings. The van der Waals surface area contributed by atoms with Gasteiger partial charge in [0.25, 0.3) is 0 Å². The van der Waals surface area contributed by atoms with Crippen molar-refractivity contribution in [3.8, 4) is 0 Å². The second-order valence-electron chi connectivity index (χ2n) is 5.63. The quantitative estimate of drug-likeness (QED) is 0.846. The monoisotopic (exact) mass is 230 g/mol. The van der Waals surface area contributed by atoms with Gasteiger partial charge in [0.05, 0.1) is 0 Å². The van der Waals surface area contributed by atoms with Crippen LogP contribution in [0.2, 0.25) is 0 Å². The zero-order valence-corrected chi connectivity index (χ0v) is 10.4. The summed E-state index contributed by atoms with van der Waals surface area (Å²) >= 11 is 0. The van der Waals surface area contributed by atoms with Gasteiger partial charge in [-0.3, -0.25) is 4.90 Å². The highest BCUT2D eigenvalue weighted by molar-refractivity contribution is 5.15. The molecule has 17 heavy (non-hydrogen) atoms. The summed E-state index contributed by atoms with van der Waals surface area (Å²) in [6.07, 6.45) is 6.48. The minimum absolute atomic E-state index is 0.442. The molecule has 2 N–H and O–H groups in total. The molecule has 0 aromatic heterocycles. The third kappa shape index (κ3) is 2.38. The van der Waals surface area contributed by atoms with E-state index in [4.69, 9.17) is 5.73 Å². The summed E-state index contributed by atoms with van der Waals surface area (Å²) in [5.41, 5.74) is 7.60. The summed E-state index contributed by atoms with van der Waals surface area (Å²) in [7, 11) is 0. The molecule has 0 aliphatic carbocycles. The highest BCUT2D eigenvalue weighted by Gasteiger charge is 2.36. The Bertz CT molecular complexity index is 348. The molecule has 3 rings (SSSR count). The van der Waals surface area contributed by atoms with E-state index in [-0.39, 0.29) is 0 Å². The van der Waals surface area contributed by atoms with Crippen molar-refractivity contribution in [1.82, 2.24) is 4.90 Å². The number of nitrogens with two attached hydrogens (primary N) is 1.